The molecule has 0 aromatic rings. The molecule has 0 spiro atoms. The van der Waals surface area contributed by atoms with E-state index in [1.54, 1.807) is 13.3 Å². The number of hydrogen-bond acceptors (Lipinski definition) is 4. The highest BCUT2D eigenvalue weighted by Gasteiger charge is 2.59. The molecule has 2 aliphatic heterocycles. The van der Waals surface area contributed by atoms with E-state index in [9.17, 15) is 9.59 Å². The molecule has 2 atom stereocenters. The molecule has 2 rings (SSSR count). The van der Waals surface area contributed by atoms with Crippen molar-refractivity contribution in [3.05, 3.63) is 0 Å². The Hall–Kier alpha value is -1.59. The first-order valence-electron chi connectivity index (χ1n) is 3.95. The largest absolute Gasteiger partial charge is 0.367 e. The SMILES string of the molecule is CN1C[C@H]2C=NN[C@]2(C(N)=O)C1=O. The molecule has 0 aromatic heterocycles. The summed E-state index contributed by atoms with van der Waals surface area (Å²) in [6.45, 7) is 0.484. The molecule has 0 saturated carbocycles. The van der Waals surface area contributed by atoms with Gasteiger partial charge in [0, 0.05) is 19.8 Å². The maximum atomic E-state index is 11.6. The van der Waals surface area contributed by atoms with Gasteiger partial charge in [-0.25, -0.2) is 0 Å². The van der Waals surface area contributed by atoms with Gasteiger partial charge in [0.25, 0.3) is 11.8 Å². The number of primary amides is 1. The van der Waals surface area contributed by atoms with E-state index in [-0.39, 0.29) is 11.8 Å². The second-order valence-corrected chi connectivity index (χ2v) is 3.35. The number of hydrazone groups is 1. The lowest BCUT2D eigenvalue weighted by Crippen LogP contribution is -2.59. The van der Waals surface area contributed by atoms with Crippen LogP contribution < -0.4 is 11.2 Å². The molecule has 0 radical (unpaired) electrons. The van der Waals surface area contributed by atoms with Crippen LogP contribution in [0.15, 0.2) is 5.10 Å². The van der Waals surface area contributed by atoms with Gasteiger partial charge in [-0.3, -0.25) is 15.0 Å². The Labute approximate surface area is 74.8 Å². The van der Waals surface area contributed by atoms with Gasteiger partial charge < -0.3 is 10.6 Å². The van der Waals surface area contributed by atoms with Crippen molar-refractivity contribution in [2.24, 2.45) is 16.8 Å². The van der Waals surface area contributed by atoms with Gasteiger partial charge in [-0.2, -0.15) is 5.10 Å². The summed E-state index contributed by atoms with van der Waals surface area (Å²) in [6, 6.07) is 0. The fourth-order valence-corrected chi connectivity index (χ4v) is 1.84. The van der Waals surface area contributed by atoms with Crippen LogP contribution in [0.1, 0.15) is 0 Å². The number of nitrogens with zero attached hydrogens (tertiary/aromatic N) is 2. The molecule has 2 heterocycles. The monoisotopic (exact) mass is 182 g/mol. The molecule has 70 valence electrons. The summed E-state index contributed by atoms with van der Waals surface area (Å²) in [5, 5.41) is 3.72. The highest BCUT2D eigenvalue weighted by molar-refractivity contribution is 6.14. The average molecular weight is 182 g/mol. The molecule has 0 aromatic carbocycles. The van der Waals surface area contributed by atoms with Crippen LogP contribution in [0.2, 0.25) is 0 Å². The number of hydrogen-bond donors (Lipinski definition) is 2. The van der Waals surface area contributed by atoms with Crippen LogP contribution in [-0.2, 0) is 9.59 Å². The van der Waals surface area contributed by atoms with Crippen molar-refractivity contribution in [2.75, 3.05) is 13.6 Å². The van der Waals surface area contributed by atoms with Crippen molar-refractivity contribution in [3.8, 4) is 0 Å². The van der Waals surface area contributed by atoms with Gasteiger partial charge in [0.05, 0.1) is 5.92 Å². The highest BCUT2D eigenvalue weighted by atomic mass is 16.2. The second kappa shape index (κ2) is 2.21. The molecule has 1 fully saturated rings. The summed E-state index contributed by atoms with van der Waals surface area (Å²) < 4.78 is 0. The topological polar surface area (TPSA) is 87.8 Å². The van der Waals surface area contributed by atoms with Gasteiger partial charge in [0.15, 0.2) is 0 Å². The van der Waals surface area contributed by atoms with E-state index >= 15 is 0 Å². The molecular weight excluding hydrogens is 172 g/mol. The Kier molecular flexibility index (Phi) is 1.37. The van der Waals surface area contributed by atoms with Gasteiger partial charge in [-0.05, 0) is 0 Å². The van der Waals surface area contributed by atoms with Crippen LogP contribution in [0.3, 0.4) is 0 Å². The van der Waals surface area contributed by atoms with Crippen LogP contribution in [0.4, 0.5) is 0 Å². The minimum Gasteiger partial charge on any atom is -0.367 e. The predicted octanol–water partition coefficient (Wildman–Crippen LogP) is -2.11. The first-order valence-corrected chi connectivity index (χ1v) is 3.95. The Balaban J connectivity index is 2.44. The van der Waals surface area contributed by atoms with Crippen LogP contribution in [0, 0.1) is 5.92 Å². The number of likely N-dealkylation sites (tertiary alicyclic amines) is 1. The number of fused-ring (bicyclic) bond motifs is 1. The first kappa shape index (κ1) is 8.03. The van der Waals surface area contributed by atoms with E-state index < -0.39 is 11.4 Å². The van der Waals surface area contributed by atoms with Crippen LogP contribution >= 0.6 is 0 Å². The van der Waals surface area contributed by atoms with Crippen molar-refractivity contribution in [3.63, 3.8) is 0 Å². The summed E-state index contributed by atoms with van der Waals surface area (Å²) in [7, 11) is 1.64. The fourth-order valence-electron chi connectivity index (χ4n) is 1.84. The lowest BCUT2D eigenvalue weighted by Gasteiger charge is -2.21. The van der Waals surface area contributed by atoms with E-state index in [4.69, 9.17) is 5.73 Å². The number of amides is 2. The molecule has 1 saturated heterocycles. The lowest BCUT2D eigenvalue weighted by atomic mass is 9.88. The predicted molar refractivity (Wildman–Crippen MR) is 44.7 cm³/mol. The number of nitrogens with one attached hydrogen (secondary N) is 1. The van der Waals surface area contributed by atoms with E-state index in [0.717, 1.165) is 0 Å². The van der Waals surface area contributed by atoms with Gasteiger partial charge in [-0.15, -0.1) is 0 Å². The number of carbonyl (C=O) groups is 2. The smallest absolute Gasteiger partial charge is 0.260 e. The summed E-state index contributed by atoms with van der Waals surface area (Å²) in [6.07, 6.45) is 1.56. The van der Waals surface area contributed by atoms with E-state index in [1.807, 2.05) is 0 Å². The Morgan fingerprint density at radius 2 is 2.62 bits per heavy atom. The number of nitrogens with two attached hydrogens (primary N) is 1. The molecule has 13 heavy (non-hydrogen) atoms. The molecule has 0 aliphatic carbocycles. The Morgan fingerprint density at radius 1 is 1.92 bits per heavy atom. The van der Waals surface area contributed by atoms with Crippen molar-refractivity contribution < 1.29 is 9.59 Å². The van der Waals surface area contributed by atoms with E-state index in [1.165, 1.54) is 4.90 Å². The molecule has 6 nitrogen and oxygen atoms in total. The van der Waals surface area contributed by atoms with Gasteiger partial charge >= 0.3 is 0 Å². The van der Waals surface area contributed by atoms with Crippen molar-refractivity contribution >= 4 is 18.0 Å². The summed E-state index contributed by atoms with van der Waals surface area (Å²) in [5.74, 6) is -1.20. The third kappa shape index (κ3) is 0.746. The summed E-state index contributed by atoms with van der Waals surface area (Å²) in [5.41, 5.74) is 6.40. The standard InChI is InChI=1S/C7H10N4O2/c1-11-3-4-2-9-10-7(4,5(8)12)6(11)13/h2,4,10H,3H2,1H3,(H2,8,12)/t4-,7-/m1/s1. The number of rotatable bonds is 1. The van der Waals surface area contributed by atoms with Gasteiger partial charge in [-0.1, -0.05) is 0 Å². The molecule has 0 unspecified atom stereocenters. The molecule has 3 N–H and O–H groups in total. The van der Waals surface area contributed by atoms with Crippen LogP contribution in [0.25, 0.3) is 0 Å². The minimum atomic E-state index is -1.31. The second-order valence-electron chi connectivity index (χ2n) is 3.35. The minimum absolute atomic E-state index is 0.234. The average Bonchev–Trinajstić information content (AvgIpc) is 2.55. The first-order chi connectivity index (χ1) is 6.09. The zero-order valence-electron chi connectivity index (χ0n) is 7.15. The molecule has 2 amide bonds. The molecule has 6 heteroatoms. The third-order valence-corrected chi connectivity index (χ3v) is 2.59. The molecular formula is C7H10N4O2. The normalized spacial score (nSPS) is 36.2. The third-order valence-electron chi connectivity index (χ3n) is 2.59. The van der Waals surface area contributed by atoms with E-state index in [0.29, 0.717) is 6.54 Å². The van der Waals surface area contributed by atoms with Gasteiger partial charge in [0.1, 0.15) is 0 Å². The number of carbonyl (C=O) groups excluding carboxylic acids is 2. The number of likely N-dealkylation sites (N-methyl/N-ethyl adjacent to an activating group) is 1. The maximum Gasteiger partial charge on any atom is 0.260 e. The fraction of sp³-hybridized carbons (Fsp3) is 0.571. The van der Waals surface area contributed by atoms with Crippen LogP contribution in [0.5, 0.6) is 0 Å². The molecule has 2 aliphatic rings. The van der Waals surface area contributed by atoms with Gasteiger partial charge in [0.2, 0.25) is 5.54 Å². The highest BCUT2D eigenvalue weighted by Crippen LogP contribution is 2.29. The zero-order chi connectivity index (χ0) is 9.64. The quantitative estimate of drug-likeness (QED) is 0.455. The van der Waals surface area contributed by atoms with E-state index in [2.05, 4.69) is 10.5 Å². The maximum absolute atomic E-state index is 11.6. The molecule has 0 bridgehead atoms. The Morgan fingerprint density at radius 3 is 3.15 bits per heavy atom. The van der Waals surface area contributed by atoms with Crippen molar-refractivity contribution in [1.82, 2.24) is 10.3 Å². The zero-order valence-corrected chi connectivity index (χ0v) is 7.15. The lowest BCUT2D eigenvalue weighted by molar-refractivity contribution is -0.139. The van der Waals surface area contributed by atoms with Crippen LogP contribution in [-0.4, -0.2) is 42.1 Å². The Bertz CT molecular complexity index is 314. The summed E-state index contributed by atoms with van der Waals surface area (Å²) in [4.78, 5) is 24.3. The summed E-state index contributed by atoms with van der Waals surface area (Å²) >= 11 is 0. The van der Waals surface area contributed by atoms with Crippen molar-refractivity contribution in [1.29, 1.82) is 0 Å². The van der Waals surface area contributed by atoms with Crippen molar-refractivity contribution in [2.45, 2.75) is 5.54 Å².